The number of hydrogen-bond acceptors (Lipinski definition) is 2. The van der Waals surface area contributed by atoms with E-state index in [1.807, 2.05) is 13.2 Å². The molecule has 0 aliphatic carbocycles. The van der Waals surface area contributed by atoms with Crippen molar-refractivity contribution in [3.63, 3.8) is 0 Å². The van der Waals surface area contributed by atoms with E-state index in [1.165, 1.54) is 5.69 Å². The van der Waals surface area contributed by atoms with E-state index < -0.39 is 0 Å². The Morgan fingerprint density at radius 2 is 2.13 bits per heavy atom. The highest BCUT2D eigenvalue weighted by atomic mass is 15.3. The van der Waals surface area contributed by atoms with Crippen molar-refractivity contribution in [2.75, 3.05) is 7.05 Å². The summed E-state index contributed by atoms with van der Waals surface area (Å²) in [5, 5.41) is 7.74. The van der Waals surface area contributed by atoms with Gasteiger partial charge in [0.15, 0.2) is 0 Å². The number of nitrogens with zero attached hydrogens (tertiary/aromatic N) is 2. The molecule has 0 aromatic carbocycles. The number of aromatic nitrogens is 2. The van der Waals surface area contributed by atoms with E-state index >= 15 is 0 Å². The van der Waals surface area contributed by atoms with Crippen molar-refractivity contribution >= 4 is 0 Å². The molecule has 1 heterocycles. The van der Waals surface area contributed by atoms with Crippen LogP contribution in [0.15, 0.2) is 12.3 Å². The maximum absolute atomic E-state index is 4.33. The standard InChI is InChI=1S/C12H23N3/c1-6-12(3,4)11(13-5)10-8-9-14-15(10)7-2/h8-9,11,13H,6-7H2,1-5H3. The molecule has 3 heteroatoms. The topological polar surface area (TPSA) is 29.9 Å². The van der Waals surface area contributed by atoms with Gasteiger partial charge in [0.05, 0.1) is 11.7 Å². The van der Waals surface area contributed by atoms with Gasteiger partial charge in [0.1, 0.15) is 0 Å². The van der Waals surface area contributed by atoms with Gasteiger partial charge in [0, 0.05) is 12.7 Å². The number of nitrogens with one attached hydrogen (secondary N) is 1. The molecule has 3 nitrogen and oxygen atoms in total. The number of hydrogen-bond donors (Lipinski definition) is 1. The molecule has 86 valence electrons. The SMILES string of the molecule is CCn1nccc1C(NC)C(C)(C)CC. The van der Waals surface area contributed by atoms with Crippen LogP contribution in [0.25, 0.3) is 0 Å². The van der Waals surface area contributed by atoms with Crippen molar-refractivity contribution in [3.8, 4) is 0 Å². The molecular formula is C12H23N3. The summed E-state index contributed by atoms with van der Waals surface area (Å²) in [6.45, 7) is 9.88. The lowest BCUT2D eigenvalue weighted by Gasteiger charge is -2.33. The van der Waals surface area contributed by atoms with Gasteiger partial charge in [-0.15, -0.1) is 0 Å². The highest BCUT2D eigenvalue weighted by Gasteiger charge is 2.29. The molecule has 1 aromatic heterocycles. The monoisotopic (exact) mass is 209 g/mol. The molecule has 1 N–H and O–H groups in total. The predicted molar refractivity (Wildman–Crippen MR) is 63.8 cm³/mol. The van der Waals surface area contributed by atoms with Gasteiger partial charge in [0.2, 0.25) is 0 Å². The second-order valence-corrected chi connectivity index (χ2v) is 4.64. The van der Waals surface area contributed by atoms with E-state index in [2.05, 4.69) is 48.9 Å². The molecule has 1 rings (SSSR count). The van der Waals surface area contributed by atoms with Gasteiger partial charge >= 0.3 is 0 Å². The predicted octanol–water partition coefficient (Wildman–Crippen LogP) is 2.60. The number of rotatable bonds is 5. The molecule has 0 amide bonds. The molecule has 0 bridgehead atoms. The Balaban J connectivity index is 3.02. The van der Waals surface area contributed by atoms with Crippen molar-refractivity contribution in [1.29, 1.82) is 0 Å². The second-order valence-electron chi connectivity index (χ2n) is 4.64. The molecule has 15 heavy (non-hydrogen) atoms. The summed E-state index contributed by atoms with van der Waals surface area (Å²) in [6, 6.07) is 2.48. The summed E-state index contributed by atoms with van der Waals surface area (Å²) in [5.41, 5.74) is 1.54. The van der Waals surface area contributed by atoms with Crippen molar-refractivity contribution < 1.29 is 0 Å². The third kappa shape index (κ3) is 2.40. The average molecular weight is 209 g/mol. The Morgan fingerprint density at radius 1 is 1.47 bits per heavy atom. The Hall–Kier alpha value is -0.830. The van der Waals surface area contributed by atoms with E-state index in [-0.39, 0.29) is 5.41 Å². The highest BCUT2D eigenvalue weighted by Crippen LogP contribution is 2.35. The van der Waals surface area contributed by atoms with Crippen LogP contribution < -0.4 is 5.32 Å². The molecule has 0 spiro atoms. The third-order valence-corrected chi connectivity index (χ3v) is 3.33. The molecule has 1 atom stereocenters. The van der Waals surface area contributed by atoms with Crippen molar-refractivity contribution in [2.45, 2.75) is 46.7 Å². The number of aryl methyl sites for hydroxylation is 1. The molecule has 0 radical (unpaired) electrons. The van der Waals surface area contributed by atoms with Gasteiger partial charge in [-0.2, -0.15) is 5.10 Å². The maximum atomic E-state index is 4.33. The van der Waals surface area contributed by atoms with Gasteiger partial charge in [0.25, 0.3) is 0 Å². The Labute approximate surface area is 92.9 Å². The van der Waals surface area contributed by atoms with Crippen LogP contribution in [-0.4, -0.2) is 16.8 Å². The zero-order valence-electron chi connectivity index (χ0n) is 10.5. The van der Waals surface area contributed by atoms with Gasteiger partial charge in [-0.05, 0) is 31.9 Å². The fraction of sp³-hybridized carbons (Fsp3) is 0.750. The summed E-state index contributed by atoms with van der Waals surface area (Å²) in [7, 11) is 2.02. The molecular weight excluding hydrogens is 186 g/mol. The Morgan fingerprint density at radius 3 is 2.60 bits per heavy atom. The molecule has 0 aliphatic rings. The van der Waals surface area contributed by atoms with Gasteiger partial charge in [-0.25, -0.2) is 0 Å². The van der Waals surface area contributed by atoms with E-state index in [0.717, 1.165) is 13.0 Å². The summed E-state index contributed by atoms with van der Waals surface area (Å²) in [6.07, 6.45) is 3.03. The van der Waals surface area contributed by atoms with E-state index in [9.17, 15) is 0 Å². The quantitative estimate of drug-likeness (QED) is 0.808. The molecule has 1 unspecified atom stereocenters. The van der Waals surface area contributed by atoms with Crippen LogP contribution >= 0.6 is 0 Å². The normalized spacial score (nSPS) is 14.2. The lowest BCUT2D eigenvalue weighted by Crippen LogP contribution is -2.33. The summed E-state index contributed by atoms with van der Waals surface area (Å²) < 4.78 is 2.07. The molecule has 0 fully saturated rings. The van der Waals surface area contributed by atoms with Crippen LogP contribution in [-0.2, 0) is 6.54 Å². The Bertz CT molecular complexity index is 302. The van der Waals surface area contributed by atoms with Gasteiger partial charge < -0.3 is 5.32 Å². The first-order valence-electron chi connectivity index (χ1n) is 5.75. The molecule has 1 aromatic rings. The largest absolute Gasteiger partial charge is 0.311 e. The van der Waals surface area contributed by atoms with Crippen molar-refractivity contribution in [2.24, 2.45) is 5.41 Å². The first-order chi connectivity index (χ1) is 7.06. The van der Waals surface area contributed by atoms with Gasteiger partial charge in [-0.1, -0.05) is 20.8 Å². The van der Waals surface area contributed by atoms with Crippen LogP contribution in [0.4, 0.5) is 0 Å². The first-order valence-corrected chi connectivity index (χ1v) is 5.75. The first kappa shape index (κ1) is 12.2. The Kier molecular flexibility index (Phi) is 3.91. The molecule has 0 saturated heterocycles. The smallest absolute Gasteiger partial charge is 0.0558 e. The average Bonchev–Trinajstić information content (AvgIpc) is 2.66. The molecule has 0 aliphatic heterocycles. The van der Waals surface area contributed by atoms with Crippen LogP contribution in [0.5, 0.6) is 0 Å². The minimum atomic E-state index is 0.252. The third-order valence-electron chi connectivity index (χ3n) is 3.33. The second kappa shape index (κ2) is 4.79. The van der Waals surface area contributed by atoms with Crippen LogP contribution in [0.1, 0.15) is 45.9 Å². The highest BCUT2D eigenvalue weighted by molar-refractivity contribution is 5.10. The van der Waals surface area contributed by atoms with E-state index in [4.69, 9.17) is 0 Å². The summed E-state index contributed by atoms with van der Waals surface area (Å²) >= 11 is 0. The van der Waals surface area contributed by atoms with Crippen molar-refractivity contribution in [3.05, 3.63) is 18.0 Å². The zero-order chi connectivity index (χ0) is 11.5. The minimum absolute atomic E-state index is 0.252. The van der Waals surface area contributed by atoms with Crippen molar-refractivity contribution in [1.82, 2.24) is 15.1 Å². The lowest BCUT2D eigenvalue weighted by molar-refractivity contribution is 0.234. The maximum Gasteiger partial charge on any atom is 0.0558 e. The fourth-order valence-corrected chi connectivity index (χ4v) is 2.00. The van der Waals surface area contributed by atoms with Crippen LogP contribution in [0.2, 0.25) is 0 Å². The van der Waals surface area contributed by atoms with Crippen LogP contribution in [0.3, 0.4) is 0 Å². The minimum Gasteiger partial charge on any atom is -0.311 e. The molecule has 0 saturated carbocycles. The summed E-state index contributed by atoms with van der Waals surface area (Å²) in [5.74, 6) is 0. The zero-order valence-corrected chi connectivity index (χ0v) is 10.5. The summed E-state index contributed by atoms with van der Waals surface area (Å²) in [4.78, 5) is 0. The lowest BCUT2D eigenvalue weighted by atomic mass is 9.80. The van der Waals surface area contributed by atoms with Gasteiger partial charge in [-0.3, -0.25) is 4.68 Å². The van der Waals surface area contributed by atoms with E-state index in [1.54, 1.807) is 0 Å². The van der Waals surface area contributed by atoms with E-state index in [0.29, 0.717) is 6.04 Å². The fourth-order valence-electron chi connectivity index (χ4n) is 2.00. The van der Waals surface area contributed by atoms with Crippen LogP contribution in [0, 0.1) is 5.41 Å².